The minimum absolute atomic E-state index is 0.504. The molecule has 0 aromatic rings. The lowest BCUT2D eigenvalue weighted by molar-refractivity contribution is -0.157. The predicted octanol–water partition coefficient (Wildman–Crippen LogP) is 1.22. The van der Waals surface area contributed by atoms with Crippen LogP contribution < -0.4 is 5.32 Å². The monoisotopic (exact) mass is 285 g/mol. The van der Waals surface area contributed by atoms with Gasteiger partial charge in [0.25, 0.3) is 0 Å². The number of hydroxylamine groups is 2. The summed E-state index contributed by atoms with van der Waals surface area (Å²) in [7, 11) is 0. The summed E-state index contributed by atoms with van der Waals surface area (Å²) in [4.78, 5) is 19.4. The molecule has 0 amide bonds. The van der Waals surface area contributed by atoms with Crippen LogP contribution in [0.4, 0.5) is 4.79 Å². The fraction of sp³-hybridized carbons (Fsp3) is 0.929. The minimum atomic E-state index is -0.599. The van der Waals surface area contributed by atoms with Crippen molar-refractivity contribution in [3.05, 3.63) is 0 Å². The molecule has 0 aromatic heterocycles. The molecule has 0 radical (unpaired) electrons. The lowest BCUT2D eigenvalue weighted by atomic mass is 10.0. The van der Waals surface area contributed by atoms with E-state index in [0.29, 0.717) is 6.04 Å². The fourth-order valence-electron chi connectivity index (χ4n) is 2.72. The molecule has 2 heterocycles. The quantitative estimate of drug-likeness (QED) is 0.770. The highest BCUT2D eigenvalue weighted by molar-refractivity contribution is 5.60. The van der Waals surface area contributed by atoms with Gasteiger partial charge in [-0.3, -0.25) is 4.90 Å². The number of piperazine rings is 1. The molecule has 2 rings (SSSR count). The van der Waals surface area contributed by atoms with Crippen molar-refractivity contribution in [1.29, 1.82) is 0 Å². The van der Waals surface area contributed by atoms with Gasteiger partial charge in [0.2, 0.25) is 0 Å². The third-order valence-corrected chi connectivity index (χ3v) is 3.68. The molecule has 116 valence electrons. The van der Waals surface area contributed by atoms with Crippen LogP contribution >= 0.6 is 0 Å². The van der Waals surface area contributed by atoms with Crippen molar-refractivity contribution in [2.24, 2.45) is 0 Å². The van der Waals surface area contributed by atoms with Crippen LogP contribution in [0.3, 0.4) is 0 Å². The number of carbonyl (C=O) groups is 1. The Labute approximate surface area is 121 Å². The molecule has 0 aromatic carbocycles. The van der Waals surface area contributed by atoms with Gasteiger partial charge in [-0.15, -0.1) is 5.06 Å². The Bertz CT molecular complexity index is 316. The zero-order chi connectivity index (χ0) is 14.6. The summed E-state index contributed by atoms with van der Waals surface area (Å²) >= 11 is 0. The number of rotatable bonds is 2. The van der Waals surface area contributed by atoms with Crippen LogP contribution in [0.5, 0.6) is 0 Å². The molecule has 0 atom stereocenters. The van der Waals surface area contributed by atoms with E-state index in [4.69, 9.17) is 9.57 Å². The Morgan fingerprint density at radius 3 is 2.25 bits per heavy atom. The maximum atomic E-state index is 11.6. The van der Waals surface area contributed by atoms with Crippen LogP contribution in [0.2, 0.25) is 0 Å². The van der Waals surface area contributed by atoms with Crippen molar-refractivity contribution in [3.63, 3.8) is 0 Å². The largest absolute Gasteiger partial charge is 0.528 e. The van der Waals surface area contributed by atoms with E-state index >= 15 is 0 Å². The molecular weight excluding hydrogens is 258 g/mol. The van der Waals surface area contributed by atoms with Gasteiger partial charge < -0.3 is 14.9 Å². The highest BCUT2D eigenvalue weighted by Gasteiger charge is 2.28. The van der Waals surface area contributed by atoms with Gasteiger partial charge in [0.1, 0.15) is 5.60 Å². The SMILES string of the molecule is CC(C)(C)OC(=O)ON1CCC(N2CCNCC2)CC1. The van der Waals surface area contributed by atoms with Crippen LogP contribution in [0.1, 0.15) is 33.6 Å². The van der Waals surface area contributed by atoms with Crippen LogP contribution in [-0.2, 0) is 9.57 Å². The third kappa shape index (κ3) is 4.92. The van der Waals surface area contributed by atoms with Crippen molar-refractivity contribution in [1.82, 2.24) is 15.3 Å². The van der Waals surface area contributed by atoms with Crippen molar-refractivity contribution in [2.75, 3.05) is 39.3 Å². The Morgan fingerprint density at radius 1 is 1.10 bits per heavy atom. The topological polar surface area (TPSA) is 54.0 Å². The fourth-order valence-corrected chi connectivity index (χ4v) is 2.72. The molecular formula is C14H27N3O3. The van der Waals surface area contributed by atoms with Gasteiger partial charge in [-0.2, -0.15) is 0 Å². The Hall–Kier alpha value is -0.850. The third-order valence-electron chi connectivity index (χ3n) is 3.68. The van der Waals surface area contributed by atoms with Crippen LogP contribution in [0, 0.1) is 0 Å². The molecule has 2 fully saturated rings. The van der Waals surface area contributed by atoms with E-state index in [9.17, 15) is 4.79 Å². The van der Waals surface area contributed by atoms with Crippen LogP contribution in [0.25, 0.3) is 0 Å². The van der Waals surface area contributed by atoms with Gasteiger partial charge in [0.15, 0.2) is 0 Å². The highest BCUT2D eigenvalue weighted by Crippen LogP contribution is 2.18. The van der Waals surface area contributed by atoms with Crippen molar-refractivity contribution < 1.29 is 14.4 Å². The first-order valence-corrected chi connectivity index (χ1v) is 7.55. The van der Waals surface area contributed by atoms with E-state index < -0.39 is 11.8 Å². The van der Waals surface area contributed by atoms with E-state index in [1.165, 1.54) is 0 Å². The Balaban J connectivity index is 1.70. The average Bonchev–Trinajstić information content (AvgIpc) is 2.38. The van der Waals surface area contributed by atoms with E-state index in [0.717, 1.165) is 52.1 Å². The molecule has 0 bridgehead atoms. The summed E-state index contributed by atoms with van der Waals surface area (Å²) in [6.45, 7) is 11.5. The summed E-state index contributed by atoms with van der Waals surface area (Å²) in [5, 5.41) is 5.10. The zero-order valence-corrected chi connectivity index (χ0v) is 12.9. The van der Waals surface area contributed by atoms with Crippen molar-refractivity contribution in [2.45, 2.75) is 45.3 Å². The van der Waals surface area contributed by atoms with E-state index in [-0.39, 0.29) is 0 Å². The van der Waals surface area contributed by atoms with Crippen LogP contribution in [-0.4, -0.2) is 67.0 Å². The molecule has 20 heavy (non-hydrogen) atoms. The average molecular weight is 285 g/mol. The maximum Gasteiger partial charge on any atom is 0.528 e. The second-order valence-electron chi connectivity index (χ2n) is 6.50. The molecule has 0 saturated carbocycles. The number of nitrogens with one attached hydrogen (secondary N) is 1. The molecule has 2 aliphatic rings. The number of carbonyl (C=O) groups excluding carboxylic acids is 1. The van der Waals surface area contributed by atoms with E-state index in [2.05, 4.69) is 10.2 Å². The number of piperidine rings is 1. The summed E-state index contributed by atoms with van der Waals surface area (Å²) in [6.07, 6.45) is 1.49. The molecule has 6 heteroatoms. The summed E-state index contributed by atoms with van der Waals surface area (Å²) in [5.41, 5.74) is -0.504. The normalized spacial score (nSPS) is 23.6. The standard InChI is InChI=1S/C14H27N3O3/c1-14(2,3)19-13(18)20-17-8-4-12(5-9-17)16-10-6-15-7-11-16/h12,15H,4-11H2,1-3H3. The van der Waals surface area contributed by atoms with Crippen LogP contribution in [0.15, 0.2) is 0 Å². The summed E-state index contributed by atoms with van der Waals surface area (Å²) < 4.78 is 5.16. The first-order valence-electron chi connectivity index (χ1n) is 7.55. The highest BCUT2D eigenvalue weighted by atomic mass is 16.8. The van der Waals surface area contributed by atoms with Gasteiger partial charge in [-0.1, -0.05) is 0 Å². The molecule has 0 aliphatic carbocycles. The first kappa shape index (κ1) is 15.5. The zero-order valence-electron chi connectivity index (χ0n) is 12.9. The molecule has 2 aliphatic heterocycles. The van der Waals surface area contributed by atoms with Gasteiger partial charge in [0.05, 0.1) is 0 Å². The molecule has 0 spiro atoms. The first-order chi connectivity index (χ1) is 9.44. The predicted molar refractivity (Wildman–Crippen MR) is 76.4 cm³/mol. The van der Waals surface area contributed by atoms with Gasteiger partial charge >= 0.3 is 6.16 Å². The summed E-state index contributed by atoms with van der Waals surface area (Å²) in [5.74, 6) is 0. The van der Waals surface area contributed by atoms with Crippen molar-refractivity contribution in [3.8, 4) is 0 Å². The Morgan fingerprint density at radius 2 is 1.70 bits per heavy atom. The van der Waals surface area contributed by atoms with Crippen molar-refractivity contribution >= 4 is 6.16 Å². The van der Waals surface area contributed by atoms with Gasteiger partial charge in [0, 0.05) is 45.3 Å². The summed E-state index contributed by atoms with van der Waals surface area (Å²) in [6, 6.07) is 0.621. The second-order valence-corrected chi connectivity index (χ2v) is 6.50. The second kappa shape index (κ2) is 6.74. The van der Waals surface area contributed by atoms with Gasteiger partial charge in [-0.05, 0) is 33.6 Å². The number of nitrogens with zero attached hydrogens (tertiary/aromatic N) is 2. The molecule has 6 nitrogen and oxygen atoms in total. The lowest BCUT2D eigenvalue weighted by Crippen LogP contribution is -2.52. The van der Waals surface area contributed by atoms with E-state index in [1.807, 2.05) is 20.8 Å². The lowest BCUT2D eigenvalue weighted by Gasteiger charge is -2.39. The number of hydrogen-bond acceptors (Lipinski definition) is 6. The van der Waals surface area contributed by atoms with E-state index in [1.54, 1.807) is 5.06 Å². The minimum Gasteiger partial charge on any atom is -0.427 e. The smallest absolute Gasteiger partial charge is 0.427 e. The van der Waals surface area contributed by atoms with Gasteiger partial charge in [-0.25, -0.2) is 4.79 Å². The maximum absolute atomic E-state index is 11.6. The molecule has 0 unspecified atom stereocenters. The Kier molecular flexibility index (Phi) is 5.23. The number of ether oxygens (including phenoxy) is 1. The molecule has 1 N–H and O–H groups in total. The number of hydrogen-bond donors (Lipinski definition) is 1. The molecule has 2 saturated heterocycles.